The van der Waals surface area contributed by atoms with Gasteiger partial charge in [0.15, 0.2) is 6.10 Å². The standard InChI is InChI=1S/C41H78NO7P/c1-6-8-10-12-14-16-18-20-21-22-24-26-28-30-32-34-41(43)49-40(39-48-50(44,45)47-37-35-42(3,4)5)38-46-36-33-31-29-27-25-23-19-17-15-13-11-9-7-2/h14,16,20-21,33,36,40H,6-13,15,17-19,22-32,34-35,37-39H2,1-5H3/p+1/b16-14-,21-20-,36-33-/t40-/m1/s1. The molecule has 0 saturated heterocycles. The van der Waals surface area contributed by atoms with Crippen LogP contribution in [0.4, 0.5) is 0 Å². The molecule has 9 heteroatoms. The van der Waals surface area contributed by atoms with Gasteiger partial charge in [-0.3, -0.25) is 4.79 Å². The average molecular weight is 729 g/mol. The van der Waals surface area contributed by atoms with E-state index in [4.69, 9.17) is 18.5 Å². The number of carbonyl (C=O) groups excluding carboxylic acids is 1. The Morgan fingerprint density at radius 2 is 1.14 bits per heavy atom. The first-order chi connectivity index (χ1) is 24.1. The minimum atomic E-state index is -4.29. The summed E-state index contributed by atoms with van der Waals surface area (Å²) in [5, 5.41) is 0. The average Bonchev–Trinajstić information content (AvgIpc) is 3.06. The number of quaternary nitrogens is 1. The molecule has 0 aromatic rings. The fourth-order valence-electron chi connectivity index (χ4n) is 5.31. The molecular formula is C41H79NO7P+. The molecule has 0 heterocycles. The smallest absolute Gasteiger partial charge is 0.377 e. The van der Waals surface area contributed by atoms with Crippen LogP contribution < -0.4 is 4.89 Å². The van der Waals surface area contributed by atoms with E-state index in [1.807, 2.05) is 27.2 Å². The second kappa shape index (κ2) is 34.8. The third kappa shape index (κ3) is 38.0. The Kier molecular flexibility index (Phi) is 33.9. The van der Waals surface area contributed by atoms with Crippen molar-refractivity contribution in [2.24, 2.45) is 0 Å². The molecule has 0 amide bonds. The molecule has 0 spiro atoms. The number of likely N-dealkylation sites (N-methyl/N-ethyl adjacent to an activating group) is 1. The van der Waals surface area contributed by atoms with Gasteiger partial charge in [0.05, 0.1) is 27.4 Å². The summed E-state index contributed by atoms with van der Waals surface area (Å²) in [6.07, 6.45) is 39.8. The van der Waals surface area contributed by atoms with Crippen LogP contribution in [0.15, 0.2) is 36.6 Å². The van der Waals surface area contributed by atoms with Gasteiger partial charge in [-0.1, -0.05) is 134 Å². The number of esters is 1. The predicted octanol–water partition coefficient (Wildman–Crippen LogP) is 10.7. The first kappa shape index (κ1) is 48.7. The molecule has 0 aliphatic heterocycles. The highest BCUT2D eigenvalue weighted by Gasteiger charge is 2.31. The molecule has 2 atom stereocenters. The highest BCUT2D eigenvalue weighted by Crippen LogP contribution is 2.47. The van der Waals surface area contributed by atoms with Crippen LogP contribution in [0, 0.1) is 0 Å². The molecule has 0 aliphatic rings. The minimum absolute atomic E-state index is 0.0432. The molecule has 0 aliphatic carbocycles. The predicted molar refractivity (Wildman–Crippen MR) is 209 cm³/mol. The second-order valence-corrected chi connectivity index (χ2v) is 16.2. The monoisotopic (exact) mass is 729 g/mol. The lowest BCUT2D eigenvalue weighted by atomic mass is 10.1. The van der Waals surface area contributed by atoms with Crippen LogP contribution in [0.1, 0.15) is 168 Å². The zero-order valence-electron chi connectivity index (χ0n) is 33.1. The van der Waals surface area contributed by atoms with Crippen molar-refractivity contribution in [3.63, 3.8) is 0 Å². The van der Waals surface area contributed by atoms with Crippen LogP contribution in [-0.2, 0) is 23.3 Å². The van der Waals surface area contributed by atoms with Crippen LogP contribution in [0.2, 0.25) is 0 Å². The number of ether oxygens (including phenoxy) is 2. The zero-order valence-corrected chi connectivity index (χ0v) is 34.0. The number of phosphoric ester groups is 1. The molecule has 0 aromatic heterocycles. The van der Waals surface area contributed by atoms with Gasteiger partial charge in [0.25, 0.3) is 0 Å². The lowest BCUT2D eigenvalue weighted by Crippen LogP contribution is -2.38. The molecule has 0 aromatic carbocycles. The number of unbranched alkanes of at least 4 members (excludes halogenated alkanes) is 19. The van der Waals surface area contributed by atoms with Crippen LogP contribution >= 0.6 is 8.17 Å². The Morgan fingerprint density at radius 3 is 1.70 bits per heavy atom. The van der Waals surface area contributed by atoms with Crippen molar-refractivity contribution < 1.29 is 37.6 Å². The van der Waals surface area contributed by atoms with Crippen molar-refractivity contribution in [3.8, 4) is 0 Å². The summed E-state index contributed by atoms with van der Waals surface area (Å²) in [7, 11) is 1.62. The van der Waals surface area contributed by atoms with Gasteiger partial charge in [0.2, 0.25) is 0 Å². The van der Waals surface area contributed by atoms with Gasteiger partial charge in [-0.2, -0.15) is 13.9 Å². The number of rotatable bonds is 37. The van der Waals surface area contributed by atoms with Crippen molar-refractivity contribution in [2.45, 2.75) is 174 Å². The van der Waals surface area contributed by atoms with Crippen molar-refractivity contribution in [2.75, 3.05) is 47.5 Å². The number of carbonyl (C=O) groups is 1. The molecule has 294 valence electrons. The maximum atomic E-state index is 12.6. The van der Waals surface area contributed by atoms with Gasteiger partial charge in [0, 0.05) is 6.42 Å². The molecule has 0 fully saturated rings. The van der Waals surface area contributed by atoms with Gasteiger partial charge >= 0.3 is 14.1 Å². The van der Waals surface area contributed by atoms with Crippen molar-refractivity contribution in [1.29, 1.82) is 0 Å². The van der Waals surface area contributed by atoms with Gasteiger partial charge in [0.1, 0.15) is 26.4 Å². The van der Waals surface area contributed by atoms with Crippen molar-refractivity contribution >= 4 is 14.1 Å². The third-order valence-corrected chi connectivity index (χ3v) is 9.50. The van der Waals surface area contributed by atoms with E-state index in [0.29, 0.717) is 17.4 Å². The van der Waals surface area contributed by atoms with E-state index in [1.165, 1.54) is 89.9 Å². The SMILES string of the molecule is CCCCC/C=C\C/C=C\CCCCCCCC(=O)O[C@H](CO/C=C\CCCCCCCCCCCCC)CO[P+]([O-])(O)OCC[N+](C)(C)C. The van der Waals surface area contributed by atoms with E-state index in [2.05, 4.69) is 38.2 Å². The Hall–Kier alpha value is -1.28. The van der Waals surface area contributed by atoms with E-state index < -0.39 is 14.3 Å². The summed E-state index contributed by atoms with van der Waals surface area (Å²) >= 11 is 0. The van der Waals surface area contributed by atoms with E-state index in [1.54, 1.807) is 6.26 Å². The van der Waals surface area contributed by atoms with Gasteiger partial charge in [-0.25, -0.2) is 0 Å². The maximum absolute atomic E-state index is 12.6. The highest BCUT2D eigenvalue weighted by atomic mass is 31.2. The normalized spacial score (nSPS) is 14.2. The third-order valence-electron chi connectivity index (χ3n) is 8.52. The summed E-state index contributed by atoms with van der Waals surface area (Å²) in [6, 6.07) is 0. The Labute approximate surface area is 309 Å². The molecule has 50 heavy (non-hydrogen) atoms. The molecule has 8 nitrogen and oxygen atoms in total. The summed E-state index contributed by atoms with van der Waals surface area (Å²) in [5.41, 5.74) is 0. The summed E-state index contributed by atoms with van der Waals surface area (Å²) < 4.78 is 22.2. The van der Waals surface area contributed by atoms with Crippen LogP contribution in [-0.4, -0.2) is 69.0 Å². The van der Waals surface area contributed by atoms with Crippen LogP contribution in [0.5, 0.6) is 0 Å². The van der Waals surface area contributed by atoms with Gasteiger partial charge in [-0.05, 0) is 57.4 Å². The number of nitrogens with zero attached hydrogens (tertiary/aromatic N) is 1. The minimum Gasteiger partial charge on any atom is -0.606 e. The molecule has 0 rings (SSSR count). The van der Waals surface area contributed by atoms with Crippen LogP contribution in [0.25, 0.3) is 0 Å². The number of allylic oxidation sites excluding steroid dienone is 5. The van der Waals surface area contributed by atoms with Crippen molar-refractivity contribution in [1.82, 2.24) is 0 Å². The molecular weight excluding hydrogens is 649 g/mol. The molecule has 1 unspecified atom stereocenters. The lowest BCUT2D eigenvalue weighted by Gasteiger charge is -2.26. The van der Waals surface area contributed by atoms with E-state index >= 15 is 0 Å². The summed E-state index contributed by atoms with van der Waals surface area (Å²) in [6.45, 7) is 4.88. The molecule has 0 saturated carbocycles. The summed E-state index contributed by atoms with van der Waals surface area (Å²) in [4.78, 5) is 35.2. The van der Waals surface area contributed by atoms with E-state index in [-0.39, 0.29) is 25.8 Å². The van der Waals surface area contributed by atoms with E-state index in [0.717, 1.165) is 57.8 Å². The Morgan fingerprint density at radius 1 is 0.660 bits per heavy atom. The molecule has 0 radical (unpaired) electrons. The Balaban J connectivity index is 4.36. The maximum Gasteiger partial charge on any atom is 0.377 e. The van der Waals surface area contributed by atoms with Crippen molar-refractivity contribution in [3.05, 3.63) is 36.6 Å². The number of phosphoric acid groups is 1. The number of hydrogen-bond acceptors (Lipinski definition) is 7. The molecule has 1 N–H and O–H groups in total. The largest absolute Gasteiger partial charge is 0.606 e. The Bertz CT molecular complexity index is 841. The first-order valence-corrected chi connectivity index (χ1v) is 21.8. The second-order valence-electron chi connectivity index (χ2n) is 14.7. The first-order valence-electron chi connectivity index (χ1n) is 20.3. The van der Waals surface area contributed by atoms with Crippen LogP contribution in [0.3, 0.4) is 0 Å². The summed E-state index contributed by atoms with van der Waals surface area (Å²) in [5.74, 6) is -0.350. The van der Waals surface area contributed by atoms with Gasteiger partial charge in [-0.15, -0.1) is 0 Å². The number of hydrogen-bond donors (Lipinski definition) is 1. The van der Waals surface area contributed by atoms with Gasteiger partial charge < -0.3 is 18.9 Å². The fourth-order valence-corrected chi connectivity index (χ4v) is 6.05. The zero-order chi connectivity index (χ0) is 37.0. The quantitative estimate of drug-likeness (QED) is 0.0170. The fraction of sp³-hybridized carbons (Fsp3) is 0.829. The highest BCUT2D eigenvalue weighted by molar-refractivity contribution is 7.52. The lowest BCUT2D eigenvalue weighted by molar-refractivity contribution is -0.870. The molecule has 0 bridgehead atoms. The van der Waals surface area contributed by atoms with E-state index in [9.17, 15) is 14.6 Å². The topological polar surface area (TPSA) is 97.3 Å².